The molecular formula is C25H24N4O4. The van der Waals surface area contributed by atoms with Crippen LogP contribution in [-0.2, 0) is 16.1 Å². The second-order valence-electron chi connectivity index (χ2n) is 7.87. The fraction of sp³-hybridized carbons (Fsp3) is 0.200. The largest absolute Gasteiger partial charge is 0.465 e. The molecule has 33 heavy (non-hydrogen) atoms. The average Bonchev–Trinajstić information content (AvgIpc) is 3.14. The minimum Gasteiger partial charge on any atom is -0.465 e. The van der Waals surface area contributed by atoms with Crippen molar-refractivity contribution in [3.05, 3.63) is 87.3 Å². The number of nitrogens with one attached hydrogen (secondary N) is 1. The highest BCUT2D eigenvalue weighted by atomic mass is 16.5. The van der Waals surface area contributed by atoms with Crippen LogP contribution in [0.4, 0.5) is 5.69 Å². The first-order valence-corrected chi connectivity index (χ1v) is 10.4. The molecule has 0 bridgehead atoms. The average molecular weight is 444 g/mol. The van der Waals surface area contributed by atoms with Crippen LogP contribution in [0.1, 0.15) is 27.2 Å². The highest BCUT2D eigenvalue weighted by molar-refractivity contribution is 6.01. The van der Waals surface area contributed by atoms with Crippen molar-refractivity contribution in [2.45, 2.75) is 27.3 Å². The van der Waals surface area contributed by atoms with E-state index in [1.165, 1.54) is 17.7 Å². The molecule has 0 saturated heterocycles. The number of methoxy groups -OCH3 is 1. The van der Waals surface area contributed by atoms with Crippen molar-refractivity contribution in [3.8, 4) is 5.69 Å². The van der Waals surface area contributed by atoms with Crippen LogP contribution < -0.4 is 10.9 Å². The summed E-state index contributed by atoms with van der Waals surface area (Å²) in [7, 11) is 1.28. The van der Waals surface area contributed by atoms with Gasteiger partial charge < -0.3 is 10.1 Å². The smallest absolute Gasteiger partial charge is 0.339 e. The standard InChI is InChI=1S/C25H24N4O4/c1-15-9-11-18(12-10-15)29-24-23(17(3)27-29)16(2)13-22(31)28(24)14-21(30)26-20-8-6-5-7-19(20)25(32)33-4/h5-13H,14H2,1-4H3,(H,26,30). The summed E-state index contributed by atoms with van der Waals surface area (Å²) in [5.41, 5.74) is 4.21. The molecule has 1 N–H and O–H groups in total. The van der Waals surface area contributed by atoms with Crippen molar-refractivity contribution in [2.24, 2.45) is 0 Å². The number of hydrogen-bond donors (Lipinski definition) is 1. The number of pyridine rings is 1. The van der Waals surface area contributed by atoms with Crippen LogP contribution in [0.5, 0.6) is 0 Å². The first-order valence-electron chi connectivity index (χ1n) is 10.4. The van der Waals surface area contributed by atoms with E-state index in [4.69, 9.17) is 4.74 Å². The Bertz CT molecular complexity index is 1430. The lowest BCUT2D eigenvalue weighted by Crippen LogP contribution is -2.29. The lowest BCUT2D eigenvalue weighted by Gasteiger charge is -2.14. The van der Waals surface area contributed by atoms with E-state index >= 15 is 0 Å². The number of aryl methyl sites for hydroxylation is 3. The van der Waals surface area contributed by atoms with Gasteiger partial charge in [0, 0.05) is 11.5 Å². The summed E-state index contributed by atoms with van der Waals surface area (Å²) >= 11 is 0. The number of ether oxygens (including phenoxy) is 1. The monoisotopic (exact) mass is 444 g/mol. The Morgan fingerprint density at radius 1 is 1.03 bits per heavy atom. The second-order valence-corrected chi connectivity index (χ2v) is 7.87. The number of fused-ring (bicyclic) bond motifs is 1. The van der Waals surface area contributed by atoms with Crippen LogP contribution in [0, 0.1) is 20.8 Å². The molecular weight excluding hydrogens is 420 g/mol. The number of esters is 1. The molecule has 0 fully saturated rings. The lowest BCUT2D eigenvalue weighted by molar-refractivity contribution is -0.116. The molecule has 4 rings (SSSR count). The van der Waals surface area contributed by atoms with Gasteiger partial charge in [0.25, 0.3) is 5.56 Å². The molecule has 2 aromatic heterocycles. The Kier molecular flexibility index (Phi) is 5.83. The maximum absolute atomic E-state index is 13.0. The molecule has 0 aliphatic rings. The number of anilines is 1. The third kappa shape index (κ3) is 4.15. The van der Waals surface area contributed by atoms with E-state index in [0.717, 1.165) is 27.9 Å². The van der Waals surface area contributed by atoms with Gasteiger partial charge in [-0.15, -0.1) is 0 Å². The van der Waals surface area contributed by atoms with E-state index in [2.05, 4.69) is 10.4 Å². The molecule has 0 atom stereocenters. The summed E-state index contributed by atoms with van der Waals surface area (Å²) in [6.07, 6.45) is 0. The van der Waals surface area contributed by atoms with Crippen LogP contribution in [0.15, 0.2) is 59.4 Å². The molecule has 2 aromatic carbocycles. The van der Waals surface area contributed by atoms with Crippen LogP contribution in [0.25, 0.3) is 16.7 Å². The van der Waals surface area contributed by atoms with E-state index in [-0.39, 0.29) is 17.7 Å². The van der Waals surface area contributed by atoms with Gasteiger partial charge in [-0.3, -0.25) is 14.2 Å². The van der Waals surface area contributed by atoms with Gasteiger partial charge in [0.15, 0.2) is 0 Å². The second kappa shape index (κ2) is 8.74. The van der Waals surface area contributed by atoms with Gasteiger partial charge in [-0.2, -0.15) is 5.10 Å². The summed E-state index contributed by atoms with van der Waals surface area (Å²) in [5.74, 6) is -1.01. The number of hydrogen-bond acceptors (Lipinski definition) is 5. The molecule has 0 spiro atoms. The van der Waals surface area contributed by atoms with Crippen molar-refractivity contribution < 1.29 is 14.3 Å². The zero-order valence-corrected chi connectivity index (χ0v) is 18.9. The van der Waals surface area contributed by atoms with Crippen LogP contribution in [0.3, 0.4) is 0 Å². The molecule has 0 aliphatic carbocycles. The first kappa shape index (κ1) is 22.0. The Morgan fingerprint density at radius 2 is 1.73 bits per heavy atom. The fourth-order valence-electron chi connectivity index (χ4n) is 3.90. The summed E-state index contributed by atoms with van der Waals surface area (Å²) in [5, 5.41) is 8.20. The molecule has 1 amide bonds. The number of para-hydroxylation sites is 1. The fourth-order valence-corrected chi connectivity index (χ4v) is 3.90. The number of aromatic nitrogens is 3. The molecule has 8 heteroatoms. The quantitative estimate of drug-likeness (QED) is 0.475. The van der Waals surface area contributed by atoms with Gasteiger partial charge in [0.05, 0.1) is 29.7 Å². The lowest BCUT2D eigenvalue weighted by atomic mass is 10.1. The van der Waals surface area contributed by atoms with Crippen molar-refractivity contribution >= 4 is 28.6 Å². The summed E-state index contributed by atoms with van der Waals surface area (Å²) in [6.45, 7) is 5.48. The van der Waals surface area contributed by atoms with E-state index in [9.17, 15) is 14.4 Å². The summed E-state index contributed by atoms with van der Waals surface area (Å²) < 4.78 is 7.88. The van der Waals surface area contributed by atoms with Gasteiger partial charge in [0.1, 0.15) is 12.2 Å². The van der Waals surface area contributed by atoms with E-state index in [1.54, 1.807) is 28.9 Å². The molecule has 8 nitrogen and oxygen atoms in total. The van der Waals surface area contributed by atoms with Crippen molar-refractivity contribution in [3.63, 3.8) is 0 Å². The van der Waals surface area contributed by atoms with E-state index in [0.29, 0.717) is 11.3 Å². The van der Waals surface area contributed by atoms with E-state index in [1.807, 2.05) is 45.0 Å². The number of rotatable bonds is 5. The molecule has 0 unspecified atom stereocenters. The molecule has 0 saturated carbocycles. The topological polar surface area (TPSA) is 95.2 Å². The SMILES string of the molecule is COC(=O)c1ccccc1NC(=O)Cn1c(=O)cc(C)c2c(C)nn(-c3ccc(C)cc3)c21. The minimum absolute atomic E-state index is 0.232. The van der Waals surface area contributed by atoms with Crippen molar-refractivity contribution in [1.29, 1.82) is 0 Å². The molecule has 2 heterocycles. The minimum atomic E-state index is -0.561. The zero-order valence-electron chi connectivity index (χ0n) is 18.9. The van der Waals surface area contributed by atoms with Crippen molar-refractivity contribution in [2.75, 3.05) is 12.4 Å². The molecule has 0 aliphatic heterocycles. The predicted molar refractivity (Wildman–Crippen MR) is 126 cm³/mol. The van der Waals surface area contributed by atoms with Crippen LogP contribution in [-0.4, -0.2) is 33.3 Å². The summed E-state index contributed by atoms with van der Waals surface area (Å²) in [4.78, 5) is 38.0. The van der Waals surface area contributed by atoms with Crippen molar-refractivity contribution in [1.82, 2.24) is 14.3 Å². The zero-order chi connectivity index (χ0) is 23.7. The van der Waals surface area contributed by atoms with Crippen LogP contribution >= 0.6 is 0 Å². The number of carbonyl (C=O) groups excluding carboxylic acids is 2. The molecule has 0 radical (unpaired) electrons. The predicted octanol–water partition coefficient (Wildman–Crippen LogP) is 3.54. The van der Waals surface area contributed by atoms with Gasteiger partial charge in [0.2, 0.25) is 5.91 Å². The Balaban J connectivity index is 1.79. The highest BCUT2D eigenvalue weighted by Crippen LogP contribution is 2.24. The summed E-state index contributed by atoms with van der Waals surface area (Å²) in [6, 6.07) is 15.8. The normalized spacial score (nSPS) is 10.9. The number of nitrogens with zero attached hydrogens (tertiary/aromatic N) is 3. The Hall–Kier alpha value is -4.20. The number of carbonyl (C=O) groups is 2. The molecule has 168 valence electrons. The van der Waals surface area contributed by atoms with E-state index < -0.39 is 11.9 Å². The van der Waals surface area contributed by atoms with Crippen LogP contribution in [0.2, 0.25) is 0 Å². The Morgan fingerprint density at radius 3 is 2.42 bits per heavy atom. The van der Waals surface area contributed by atoms with Gasteiger partial charge >= 0.3 is 5.97 Å². The number of benzene rings is 2. The maximum Gasteiger partial charge on any atom is 0.339 e. The third-order valence-electron chi connectivity index (χ3n) is 5.48. The molecule has 4 aromatic rings. The van der Waals surface area contributed by atoms with Gasteiger partial charge in [-0.1, -0.05) is 29.8 Å². The first-order chi connectivity index (χ1) is 15.8. The third-order valence-corrected chi connectivity index (χ3v) is 5.48. The Labute approximate surface area is 190 Å². The van der Waals surface area contributed by atoms with Gasteiger partial charge in [-0.25, -0.2) is 9.48 Å². The maximum atomic E-state index is 13.0. The van der Waals surface area contributed by atoms with Gasteiger partial charge in [-0.05, 0) is 50.6 Å². The number of amides is 1. The highest BCUT2D eigenvalue weighted by Gasteiger charge is 2.20.